The number of ether oxygens (including phenoxy) is 1. The number of methoxy groups -OCH3 is 1. The van der Waals surface area contributed by atoms with Crippen molar-refractivity contribution in [2.24, 2.45) is 0 Å². The number of benzene rings is 2. The lowest BCUT2D eigenvalue weighted by atomic mass is 10.2. The average Bonchev–Trinajstić information content (AvgIpc) is 3.04. The second-order valence-corrected chi connectivity index (χ2v) is 6.80. The SMILES string of the molecule is COc1cccc(NC(=O)/C(C#N)=C2/SCC(=O)N2c2ccc(C)cc2)c1. The molecule has 0 radical (unpaired) electrons. The Hall–Kier alpha value is -3.24. The summed E-state index contributed by atoms with van der Waals surface area (Å²) in [7, 11) is 1.53. The van der Waals surface area contributed by atoms with Crippen LogP contribution in [0.25, 0.3) is 0 Å². The average molecular weight is 379 g/mol. The van der Waals surface area contributed by atoms with Gasteiger partial charge in [0.1, 0.15) is 22.4 Å². The maximum absolute atomic E-state index is 12.7. The number of amides is 2. The van der Waals surface area contributed by atoms with Gasteiger partial charge in [-0.2, -0.15) is 5.26 Å². The van der Waals surface area contributed by atoms with Gasteiger partial charge in [0.2, 0.25) is 5.91 Å². The Morgan fingerprint density at radius 3 is 2.67 bits per heavy atom. The number of nitriles is 1. The highest BCUT2D eigenvalue weighted by Crippen LogP contribution is 2.36. The van der Waals surface area contributed by atoms with Crippen LogP contribution in [0, 0.1) is 18.3 Å². The fourth-order valence-electron chi connectivity index (χ4n) is 2.60. The molecular weight excluding hydrogens is 362 g/mol. The predicted octanol–water partition coefficient (Wildman–Crippen LogP) is 3.46. The normalized spacial score (nSPS) is 15.3. The summed E-state index contributed by atoms with van der Waals surface area (Å²) in [5.74, 6) is 0.0346. The molecule has 136 valence electrons. The van der Waals surface area contributed by atoms with Crippen LogP contribution in [0.3, 0.4) is 0 Å². The molecule has 1 N–H and O–H groups in total. The van der Waals surface area contributed by atoms with Gasteiger partial charge < -0.3 is 10.1 Å². The molecule has 0 saturated carbocycles. The Balaban J connectivity index is 1.94. The molecule has 1 saturated heterocycles. The minimum absolute atomic E-state index is 0.103. The molecule has 0 bridgehead atoms. The largest absolute Gasteiger partial charge is 0.497 e. The summed E-state index contributed by atoms with van der Waals surface area (Å²) in [6, 6.07) is 16.2. The molecule has 1 aliphatic rings. The van der Waals surface area contributed by atoms with Gasteiger partial charge in [-0.25, -0.2) is 0 Å². The first kappa shape index (κ1) is 18.5. The van der Waals surface area contributed by atoms with Gasteiger partial charge in [-0.05, 0) is 31.2 Å². The topological polar surface area (TPSA) is 82.4 Å². The fourth-order valence-corrected chi connectivity index (χ4v) is 3.61. The zero-order valence-electron chi connectivity index (χ0n) is 14.9. The van der Waals surface area contributed by atoms with Gasteiger partial charge in [0.15, 0.2) is 0 Å². The first-order valence-corrected chi connectivity index (χ1v) is 9.14. The second-order valence-electron chi connectivity index (χ2n) is 5.83. The van der Waals surface area contributed by atoms with Crippen LogP contribution in [0.5, 0.6) is 5.75 Å². The van der Waals surface area contributed by atoms with E-state index in [4.69, 9.17) is 4.74 Å². The monoisotopic (exact) mass is 379 g/mol. The molecule has 1 fully saturated rings. The Kier molecular flexibility index (Phi) is 5.48. The first-order valence-electron chi connectivity index (χ1n) is 8.15. The maximum atomic E-state index is 12.7. The quantitative estimate of drug-likeness (QED) is 0.650. The Morgan fingerprint density at radius 2 is 2.00 bits per heavy atom. The van der Waals surface area contributed by atoms with E-state index in [1.165, 1.54) is 23.8 Å². The fraction of sp³-hybridized carbons (Fsp3) is 0.150. The number of nitrogens with one attached hydrogen (secondary N) is 1. The van der Waals surface area contributed by atoms with Gasteiger partial charge >= 0.3 is 0 Å². The van der Waals surface area contributed by atoms with Gasteiger partial charge in [0, 0.05) is 17.4 Å². The van der Waals surface area contributed by atoms with Gasteiger partial charge in [-0.1, -0.05) is 35.5 Å². The van der Waals surface area contributed by atoms with Crippen molar-refractivity contribution >= 4 is 35.0 Å². The number of thioether (sulfide) groups is 1. The summed E-state index contributed by atoms with van der Waals surface area (Å²) in [5.41, 5.74) is 2.09. The van der Waals surface area contributed by atoms with Crippen molar-refractivity contribution in [3.05, 3.63) is 64.7 Å². The van der Waals surface area contributed by atoms with Crippen molar-refractivity contribution in [1.29, 1.82) is 5.26 Å². The summed E-state index contributed by atoms with van der Waals surface area (Å²) in [6.07, 6.45) is 0. The van der Waals surface area contributed by atoms with Gasteiger partial charge in [0.05, 0.1) is 12.9 Å². The number of carbonyl (C=O) groups is 2. The van der Waals surface area contributed by atoms with E-state index in [2.05, 4.69) is 5.32 Å². The van der Waals surface area contributed by atoms with Crippen LogP contribution >= 0.6 is 11.8 Å². The smallest absolute Gasteiger partial charge is 0.269 e. The Morgan fingerprint density at radius 1 is 1.26 bits per heavy atom. The molecule has 0 unspecified atom stereocenters. The number of nitrogens with zero attached hydrogens (tertiary/aromatic N) is 2. The van der Waals surface area contributed by atoms with Crippen LogP contribution in [0.4, 0.5) is 11.4 Å². The van der Waals surface area contributed by atoms with Crippen molar-refractivity contribution < 1.29 is 14.3 Å². The van der Waals surface area contributed by atoms with Crippen molar-refractivity contribution in [3.63, 3.8) is 0 Å². The van der Waals surface area contributed by atoms with Gasteiger partial charge in [-0.15, -0.1) is 0 Å². The van der Waals surface area contributed by atoms with Crippen molar-refractivity contribution in [2.75, 3.05) is 23.1 Å². The Labute approximate surface area is 161 Å². The molecule has 1 aliphatic heterocycles. The summed E-state index contributed by atoms with van der Waals surface area (Å²) >= 11 is 1.18. The molecule has 27 heavy (non-hydrogen) atoms. The van der Waals surface area contributed by atoms with Crippen LogP contribution < -0.4 is 15.0 Å². The lowest BCUT2D eigenvalue weighted by Gasteiger charge is -2.18. The van der Waals surface area contributed by atoms with Gasteiger partial charge in [0.25, 0.3) is 5.91 Å². The molecule has 3 rings (SSSR count). The van der Waals surface area contributed by atoms with Crippen LogP contribution in [-0.2, 0) is 9.59 Å². The number of carbonyl (C=O) groups excluding carboxylic acids is 2. The van der Waals surface area contributed by atoms with Crippen LogP contribution in [0.2, 0.25) is 0 Å². The first-order chi connectivity index (χ1) is 13.0. The van der Waals surface area contributed by atoms with E-state index in [0.717, 1.165) is 5.56 Å². The second kappa shape index (κ2) is 7.98. The number of hydrogen-bond donors (Lipinski definition) is 1. The highest BCUT2D eigenvalue weighted by Gasteiger charge is 2.33. The number of anilines is 2. The van der Waals surface area contributed by atoms with Crippen molar-refractivity contribution in [3.8, 4) is 11.8 Å². The van der Waals surface area contributed by atoms with Gasteiger partial charge in [-0.3, -0.25) is 14.5 Å². The zero-order chi connectivity index (χ0) is 19.4. The number of hydrogen-bond acceptors (Lipinski definition) is 5. The van der Waals surface area contributed by atoms with E-state index in [1.54, 1.807) is 36.4 Å². The third-order valence-electron chi connectivity index (χ3n) is 3.96. The lowest BCUT2D eigenvalue weighted by Crippen LogP contribution is -2.26. The predicted molar refractivity (Wildman–Crippen MR) is 105 cm³/mol. The maximum Gasteiger partial charge on any atom is 0.269 e. The molecule has 7 heteroatoms. The molecule has 0 aliphatic carbocycles. The van der Waals surface area contributed by atoms with Crippen molar-refractivity contribution in [2.45, 2.75) is 6.92 Å². The molecule has 2 amide bonds. The van der Waals surface area contributed by atoms with E-state index < -0.39 is 5.91 Å². The molecule has 6 nitrogen and oxygen atoms in total. The summed E-state index contributed by atoms with van der Waals surface area (Å²) < 4.78 is 5.14. The molecule has 0 atom stereocenters. The van der Waals surface area contributed by atoms with Crippen LogP contribution in [0.15, 0.2) is 59.1 Å². The van der Waals surface area contributed by atoms with Crippen molar-refractivity contribution in [1.82, 2.24) is 0 Å². The highest BCUT2D eigenvalue weighted by atomic mass is 32.2. The lowest BCUT2D eigenvalue weighted by molar-refractivity contribution is -0.115. The number of aryl methyl sites for hydroxylation is 1. The highest BCUT2D eigenvalue weighted by molar-refractivity contribution is 8.04. The molecule has 1 heterocycles. The minimum atomic E-state index is -0.569. The van der Waals surface area contributed by atoms with E-state index in [-0.39, 0.29) is 17.2 Å². The molecule has 0 spiro atoms. The minimum Gasteiger partial charge on any atom is -0.497 e. The Bertz CT molecular complexity index is 961. The van der Waals surface area contributed by atoms with E-state index >= 15 is 0 Å². The molecule has 2 aromatic rings. The van der Waals surface area contributed by atoms with E-state index in [9.17, 15) is 14.9 Å². The third-order valence-corrected chi connectivity index (χ3v) is 5.01. The van der Waals surface area contributed by atoms with E-state index in [1.807, 2.05) is 25.1 Å². The summed E-state index contributed by atoms with van der Waals surface area (Å²) in [6.45, 7) is 1.95. The molecular formula is C20H17N3O3S. The zero-order valence-corrected chi connectivity index (χ0v) is 15.7. The molecule has 0 aromatic heterocycles. The number of rotatable bonds is 4. The van der Waals surface area contributed by atoms with Crippen LogP contribution in [-0.4, -0.2) is 24.7 Å². The van der Waals surface area contributed by atoms with E-state index in [0.29, 0.717) is 22.2 Å². The molecule has 2 aromatic carbocycles. The third kappa shape index (κ3) is 3.96. The summed E-state index contributed by atoms with van der Waals surface area (Å²) in [4.78, 5) is 26.5. The summed E-state index contributed by atoms with van der Waals surface area (Å²) in [5, 5.41) is 12.6. The standard InChI is InChI=1S/C20H17N3O3S/c1-13-6-8-15(9-7-13)23-18(24)12-27-20(23)17(11-21)19(25)22-14-4-3-5-16(10-14)26-2/h3-10H,12H2,1-2H3,(H,22,25)/b20-17+. The van der Waals surface area contributed by atoms with Crippen LogP contribution in [0.1, 0.15) is 5.56 Å².